The number of hydrogen-bond donors (Lipinski definition) is 2. The highest BCUT2D eigenvalue weighted by atomic mass is 32.2. The quantitative estimate of drug-likeness (QED) is 0.429. The molecule has 0 aliphatic carbocycles. The molecule has 3 aromatic rings. The van der Waals surface area contributed by atoms with Crippen LogP contribution in [0.1, 0.15) is 12.0 Å². The third kappa shape index (κ3) is 5.26. The van der Waals surface area contributed by atoms with E-state index in [1.807, 2.05) is 12.1 Å². The van der Waals surface area contributed by atoms with E-state index in [1.165, 1.54) is 13.1 Å². The number of carbonyl (C=O) groups is 1. The SMILES string of the molecule is COc1ccc(-c2ncc(CCC(=O)N(C)O)cc2-c2ccccc2S(N)(=O)=O)cc1. The van der Waals surface area contributed by atoms with Crippen molar-refractivity contribution in [3.63, 3.8) is 0 Å². The van der Waals surface area contributed by atoms with Gasteiger partial charge in [-0.25, -0.2) is 18.6 Å². The predicted octanol–water partition coefficient (Wildman–Crippen LogP) is 2.85. The van der Waals surface area contributed by atoms with Crippen LogP contribution in [0.5, 0.6) is 5.75 Å². The second-order valence-corrected chi connectivity index (χ2v) is 8.46. The first-order chi connectivity index (χ1) is 14.7. The summed E-state index contributed by atoms with van der Waals surface area (Å²) >= 11 is 0. The summed E-state index contributed by atoms with van der Waals surface area (Å²) in [6.07, 6.45) is 2.03. The molecule has 9 heteroatoms. The molecule has 0 atom stereocenters. The second-order valence-electron chi connectivity index (χ2n) is 6.93. The monoisotopic (exact) mass is 441 g/mol. The van der Waals surface area contributed by atoms with E-state index in [0.717, 1.165) is 5.56 Å². The Morgan fingerprint density at radius 3 is 2.42 bits per heavy atom. The summed E-state index contributed by atoms with van der Waals surface area (Å²) in [5.41, 5.74) is 3.02. The molecular weight excluding hydrogens is 418 g/mol. The molecular formula is C22H23N3O5S. The van der Waals surface area contributed by atoms with Gasteiger partial charge in [0.15, 0.2) is 0 Å². The molecule has 162 valence electrons. The molecule has 0 fully saturated rings. The van der Waals surface area contributed by atoms with E-state index in [1.54, 1.807) is 49.7 Å². The number of sulfonamides is 1. The summed E-state index contributed by atoms with van der Waals surface area (Å²) in [6.45, 7) is 0. The highest BCUT2D eigenvalue weighted by molar-refractivity contribution is 7.89. The Morgan fingerprint density at radius 2 is 1.81 bits per heavy atom. The van der Waals surface area contributed by atoms with Gasteiger partial charge in [-0.15, -0.1) is 0 Å². The lowest BCUT2D eigenvalue weighted by Crippen LogP contribution is -2.22. The lowest BCUT2D eigenvalue weighted by molar-refractivity contribution is -0.159. The number of aromatic nitrogens is 1. The fourth-order valence-electron chi connectivity index (χ4n) is 3.18. The van der Waals surface area contributed by atoms with Crippen molar-refractivity contribution in [2.75, 3.05) is 14.2 Å². The first-order valence-electron chi connectivity index (χ1n) is 9.41. The van der Waals surface area contributed by atoms with Crippen LogP contribution in [0.3, 0.4) is 0 Å². The third-order valence-electron chi connectivity index (χ3n) is 4.78. The van der Waals surface area contributed by atoms with Crippen molar-refractivity contribution in [1.29, 1.82) is 0 Å². The normalized spacial score (nSPS) is 11.2. The molecule has 1 amide bonds. The summed E-state index contributed by atoms with van der Waals surface area (Å²) in [7, 11) is -1.15. The van der Waals surface area contributed by atoms with Crippen LogP contribution in [0.25, 0.3) is 22.4 Å². The summed E-state index contributed by atoms with van der Waals surface area (Å²) in [6, 6.07) is 15.5. The highest BCUT2D eigenvalue weighted by Gasteiger charge is 2.19. The van der Waals surface area contributed by atoms with Crippen molar-refractivity contribution >= 4 is 15.9 Å². The average molecular weight is 442 g/mol. The maximum absolute atomic E-state index is 12.2. The maximum Gasteiger partial charge on any atom is 0.245 e. The first kappa shape index (κ1) is 22.4. The van der Waals surface area contributed by atoms with Crippen molar-refractivity contribution in [2.45, 2.75) is 17.7 Å². The number of nitrogens with two attached hydrogens (primary N) is 1. The Balaban J connectivity index is 2.15. The standard InChI is InChI=1S/C22H23N3O5S/c1-25(27)21(26)12-7-15-13-19(18-5-3-4-6-20(18)31(23,28)29)22(24-14-15)16-8-10-17(30-2)11-9-16/h3-6,8-11,13-14,27H,7,12H2,1-2H3,(H2,23,28,29). The Labute approximate surface area is 180 Å². The van der Waals surface area contributed by atoms with E-state index in [-0.39, 0.29) is 11.3 Å². The van der Waals surface area contributed by atoms with Crippen LogP contribution in [0.2, 0.25) is 0 Å². The number of carbonyl (C=O) groups excluding carboxylic acids is 1. The van der Waals surface area contributed by atoms with Crippen LogP contribution in [-0.4, -0.2) is 43.7 Å². The molecule has 0 saturated heterocycles. The van der Waals surface area contributed by atoms with Gasteiger partial charge in [-0.2, -0.15) is 0 Å². The Bertz CT molecular complexity index is 1190. The van der Waals surface area contributed by atoms with Crippen LogP contribution in [0.15, 0.2) is 65.7 Å². The molecule has 0 saturated carbocycles. The van der Waals surface area contributed by atoms with E-state index >= 15 is 0 Å². The van der Waals surface area contributed by atoms with Gasteiger partial charge in [0.25, 0.3) is 0 Å². The van der Waals surface area contributed by atoms with Crippen molar-refractivity contribution in [3.8, 4) is 28.1 Å². The fraction of sp³-hybridized carbons (Fsp3) is 0.182. The van der Waals surface area contributed by atoms with E-state index in [4.69, 9.17) is 9.88 Å². The number of ether oxygens (including phenoxy) is 1. The molecule has 1 aromatic heterocycles. The largest absolute Gasteiger partial charge is 0.497 e. The summed E-state index contributed by atoms with van der Waals surface area (Å²) in [5.74, 6) is 0.240. The minimum atomic E-state index is -3.98. The number of methoxy groups -OCH3 is 1. The molecule has 3 N–H and O–H groups in total. The molecule has 0 unspecified atom stereocenters. The molecule has 2 aromatic carbocycles. The topological polar surface area (TPSA) is 123 Å². The van der Waals surface area contributed by atoms with Gasteiger partial charge in [0.05, 0.1) is 17.7 Å². The molecule has 0 spiro atoms. The van der Waals surface area contributed by atoms with E-state index in [2.05, 4.69) is 4.98 Å². The van der Waals surface area contributed by atoms with Crippen LogP contribution in [0, 0.1) is 0 Å². The zero-order valence-corrected chi connectivity index (χ0v) is 18.0. The summed E-state index contributed by atoms with van der Waals surface area (Å²) < 4.78 is 29.6. The predicted molar refractivity (Wildman–Crippen MR) is 116 cm³/mol. The van der Waals surface area contributed by atoms with Crippen molar-refractivity contribution < 1.29 is 23.2 Å². The number of pyridine rings is 1. The number of nitrogens with zero attached hydrogens (tertiary/aromatic N) is 2. The van der Waals surface area contributed by atoms with Gasteiger partial charge >= 0.3 is 0 Å². The number of rotatable bonds is 7. The van der Waals surface area contributed by atoms with Crippen LogP contribution >= 0.6 is 0 Å². The van der Waals surface area contributed by atoms with Gasteiger partial charge in [0.2, 0.25) is 15.9 Å². The molecule has 0 bridgehead atoms. The summed E-state index contributed by atoms with van der Waals surface area (Å²) in [4.78, 5) is 16.3. The molecule has 3 rings (SSSR count). The minimum absolute atomic E-state index is 0.0186. The van der Waals surface area contributed by atoms with Gasteiger partial charge in [-0.3, -0.25) is 15.0 Å². The van der Waals surface area contributed by atoms with Crippen molar-refractivity contribution in [1.82, 2.24) is 10.0 Å². The Hall–Kier alpha value is -3.27. The smallest absolute Gasteiger partial charge is 0.245 e. The Kier molecular flexibility index (Phi) is 6.69. The third-order valence-corrected chi connectivity index (χ3v) is 5.75. The maximum atomic E-state index is 12.2. The molecule has 0 radical (unpaired) electrons. The second kappa shape index (κ2) is 9.25. The molecule has 31 heavy (non-hydrogen) atoms. The number of hydrogen-bond acceptors (Lipinski definition) is 6. The van der Waals surface area contributed by atoms with Crippen molar-refractivity contribution in [2.24, 2.45) is 5.14 Å². The lowest BCUT2D eigenvalue weighted by Gasteiger charge is -2.15. The zero-order valence-electron chi connectivity index (χ0n) is 17.1. The van der Waals surface area contributed by atoms with Gasteiger partial charge in [0, 0.05) is 36.4 Å². The number of hydroxylamine groups is 2. The van der Waals surface area contributed by atoms with Gasteiger partial charge < -0.3 is 4.74 Å². The number of benzene rings is 2. The van der Waals surface area contributed by atoms with Crippen LogP contribution in [-0.2, 0) is 21.2 Å². The average Bonchev–Trinajstić information content (AvgIpc) is 2.76. The van der Waals surface area contributed by atoms with E-state index in [9.17, 15) is 18.4 Å². The van der Waals surface area contributed by atoms with Gasteiger partial charge in [-0.1, -0.05) is 18.2 Å². The minimum Gasteiger partial charge on any atom is -0.497 e. The molecule has 8 nitrogen and oxygen atoms in total. The highest BCUT2D eigenvalue weighted by Crippen LogP contribution is 2.35. The number of amides is 1. The fourth-order valence-corrected chi connectivity index (χ4v) is 3.93. The zero-order chi connectivity index (χ0) is 22.6. The van der Waals surface area contributed by atoms with Gasteiger partial charge in [-0.05, 0) is 48.4 Å². The van der Waals surface area contributed by atoms with Gasteiger partial charge in [0.1, 0.15) is 5.75 Å². The summed E-state index contributed by atoms with van der Waals surface area (Å²) in [5, 5.41) is 15.3. The van der Waals surface area contributed by atoms with E-state index < -0.39 is 15.9 Å². The van der Waals surface area contributed by atoms with E-state index in [0.29, 0.717) is 39.6 Å². The van der Waals surface area contributed by atoms with Crippen molar-refractivity contribution in [3.05, 3.63) is 66.4 Å². The van der Waals surface area contributed by atoms with Crippen LogP contribution in [0.4, 0.5) is 0 Å². The first-order valence-corrected chi connectivity index (χ1v) is 11.0. The number of primary sulfonamides is 1. The molecule has 0 aliphatic heterocycles. The Morgan fingerprint density at radius 1 is 1.13 bits per heavy atom. The van der Waals surface area contributed by atoms with Crippen LogP contribution < -0.4 is 9.88 Å². The lowest BCUT2D eigenvalue weighted by atomic mass is 9.96. The number of aryl methyl sites for hydroxylation is 1. The molecule has 1 heterocycles. The molecule has 0 aliphatic rings.